The van der Waals surface area contributed by atoms with E-state index in [0.717, 1.165) is 28.8 Å². The zero-order valence-corrected chi connectivity index (χ0v) is 16.5. The van der Waals surface area contributed by atoms with E-state index in [1.807, 2.05) is 36.4 Å². The minimum Gasteiger partial charge on any atom is -0.497 e. The number of nitrogens with zero attached hydrogens (tertiary/aromatic N) is 2. The van der Waals surface area contributed by atoms with Gasteiger partial charge in [0, 0.05) is 25.2 Å². The molecular weight excluding hydrogens is 348 g/mol. The molecule has 0 saturated carbocycles. The SMILES string of the molecule is CN=C(NCc1cccc(Cl)c1)NCC(c1ccc(OC)cc1)N(C)C. The van der Waals surface area contributed by atoms with E-state index in [0.29, 0.717) is 6.54 Å². The Balaban J connectivity index is 1.95. The Hall–Kier alpha value is -2.24. The third-order valence-electron chi connectivity index (χ3n) is 4.16. The number of hydrogen-bond acceptors (Lipinski definition) is 3. The summed E-state index contributed by atoms with van der Waals surface area (Å²) in [5, 5.41) is 7.45. The number of guanidine groups is 1. The van der Waals surface area contributed by atoms with Gasteiger partial charge in [-0.1, -0.05) is 35.9 Å². The van der Waals surface area contributed by atoms with Gasteiger partial charge in [0.05, 0.1) is 13.2 Å². The highest BCUT2D eigenvalue weighted by Crippen LogP contribution is 2.20. The molecule has 0 aliphatic carbocycles. The Kier molecular flexibility index (Phi) is 7.75. The predicted molar refractivity (Wildman–Crippen MR) is 109 cm³/mol. The third kappa shape index (κ3) is 5.93. The van der Waals surface area contributed by atoms with Crippen LogP contribution < -0.4 is 15.4 Å². The smallest absolute Gasteiger partial charge is 0.191 e. The Morgan fingerprint density at radius 2 is 1.88 bits per heavy atom. The van der Waals surface area contributed by atoms with Crippen molar-refractivity contribution < 1.29 is 4.74 Å². The van der Waals surface area contributed by atoms with Crippen LogP contribution in [-0.4, -0.2) is 45.7 Å². The monoisotopic (exact) mass is 374 g/mol. The molecule has 0 bridgehead atoms. The average Bonchev–Trinajstić information content (AvgIpc) is 2.64. The maximum absolute atomic E-state index is 6.03. The van der Waals surface area contributed by atoms with Crippen molar-refractivity contribution in [1.82, 2.24) is 15.5 Å². The lowest BCUT2D eigenvalue weighted by Gasteiger charge is -2.26. The first-order valence-corrected chi connectivity index (χ1v) is 8.90. The quantitative estimate of drug-likeness (QED) is 0.576. The molecule has 0 aromatic heterocycles. The summed E-state index contributed by atoms with van der Waals surface area (Å²) in [4.78, 5) is 6.48. The van der Waals surface area contributed by atoms with Gasteiger partial charge in [-0.25, -0.2) is 0 Å². The van der Waals surface area contributed by atoms with Crippen molar-refractivity contribution in [3.05, 3.63) is 64.7 Å². The van der Waals surface area contributed by atoms with Crippen LogP contribution in [0.5, 0.6) is 5.75 Å². The van der Waals surface area contributed by atoms with Crippen LogP contribution in [-0.2, 0) is 6.54 Å². The third-order valence-corrected chi connectivity index (χ3v) is 4.39. The van der Waals surface area contributed by atoms with Gasteiger partial charge in [0.15, 0.2) is 5.96 Å². The molecule has 26 heavy (non-hydrogen) atoms. The number of aliphatic imine (C=N–C) groups is 1. The molecule has 2 aromatic rings. The van der Waals surface area contributed by atoms with E-state index in [1.54, 1.807) is 14.2 Å². The van der Waals surface area contributed by atoms with Crippen molar-refractivity contribution in [2.75, 3.05) is 34.8 Å². The number of rotatable bonds is 7. The Labute approximate surface area is 161 Å². The summed E-state index contributed by atoms with van der Waals surface area (Å²) in [5.74, 6) is 1.61. The predicted octanol–water partition coefficient (Wildman–Crippen LogP) is 3.32. The van der Waals surface area contributed by atoms with E-state index < -0.39 is 0 Å². The Morgan fingerprint density at radius 3 is 2.46 bits per heavy atom. The number of hydrogen-bond donors (Lipinski definition) is 2. The van der Waals surface area contributed by atoms with E-state index in [4.69, 9.17) is 16.3 Å². The van der Waals surface area contributed by atoms with Crippen molar-refractivity contribution in [3.8, 4) is 5.75 Å². The molecule has 0 saturated heterocycles. The van der Waals surface area contributed by atoms with E-state index in [1.165, 1.54) is 5.56 Å². The van der Waals surface area contributed by atoms with Crippen molar-refractivity contribution >= 4 is 17.6 Å². The molecule has 2 aromatic carbocycles. The lowest BCUT2D eigenvalue weighted by molar-refractivity contribution is 0.298. The molecule has 0 aliphatic rings. The van der Waals surface area contributed by atoms with Crippen LogP contribution in [0.2, 0.25) is 5.02 Å². The summed E-state index contributed by atoms with van der Waals surface area (Å²) in [6.07, 6.45) is 0. The number of likely N-dealkylation sites (N-methyl/N-ethyl adjacent to an activating group) is 1. The number of nitrogens with one attached hydrogen (secondary N) is 2. The summed E-state index contributed by atoms with van der Waals surface area (Å²) in [5.41, 5.74) is 2.33. The molecule has 6 heteroatoms. The number of methoxy groups -OCH3 is 1. The minimum atomic E-state index is 0.214. The molecule has 2 N–H and O–H groups in total. The largest absolute Gasteiger partial charge is 0.497 e. The molecular formula is C20H27ClN4O. The van der Waals surface area contributed by atoms with E-state index in [-0.39, 0.29) is 6.04 Å². The fraction of sp³-hybridized carbons (Fsp3) is 0.350. The van der Waals surface area contributed by atoms with Crippen molar-refractivity contribution in [2.24, 2.45) is 4.99 Å². The minimum absolute atomic E-state index is 0.214. The van der Waals surface area contributed by atoms with Crippen molar-refractivity contribution in [1.29, 1.82) is 0 Å². The number of halogens is 1. The fourth-order valence-electron chi connectivity index (χ4n) is 2.67. The van der Waals surface area contributed by atoms with Crippen LogP contribution in [0.3, 0.4) is 0 Å². The topological polar surface area (TPSA) is 48.9 Å². The van der Waals surface area contributed by atoms with Gasteiger partial charge in [-0.05, 0) is 49.5 Å². The summed E-state index contributed by atoms with van der Waals surface area (Å²) >= 11 is 6.03. The first-order chi connectivity index (χ1) is 12.5. The Morgan fingerprint density at radius 1 is 1.15 bits per heavy atom. The highest BCUT2D eigenvalue weighted by molar-refractivity contribution is 6.30. The van der Waals surface area contributed by atoms with Crippen LogP contribution in [0.15, 0.2) is 53.5 Å². The zero-order valence-electron chi connectivity index (χ0n) is 15.8. The van der Waals surface area contributed by atoms with Crippen LogP contribution in [0, 0.1) is 0 Å². The van der Waals surface area contributed by atoms with E-state index in [9.17, 15) is 0 Å². The van der Waals surface area contributed by atoms with Gasteiger partial charge < -0.3 is 20.3 Å². The second-order valence-electron chi connectivity index (χ2n) is 6.19. The molecule has 1 atom stereocenters. The molecule has 0 spiro atoms. The van der Waals surface area contributed by atoms with E-state index in [2.05, 4.69) is 46.8 Å². The fourth-order valence-corrected chi connectivity index (χ4v) is 2.88. The van der Waals surface area contributed by atoms with Gasteiger partial charge in [0.1, 0.15) is 5.75 Å². The van der Waals surface area contributed by atoms with Gasteiger partial charge in [0.25, 0.3) is 0 Å². The average molecular weight is 375 g/mol. The van der Waals surface area contributed by atoms with Gasteiger partial charge in [-0.2, -0.15) is 0 Å². The summed E-state index contributed by atoms with van der Waals surface area (Å²) in [6, 6.07) is 16.2. The lowest BCUT2D eigenvalue weighted by Crippen LogP contribution is -2.41. The van der Waals surface area contributed by atoms with Crippen LogP contribution in [0.1, 0.15) is 17.2 Å². The second kappa shape index (κ2) is 10.0. The summed E-state index contributed by atoms with van der Waals surface area (Å²) in [6.45, 7) is 1.39. The normalized spacial score (nSPS) is 12.8. The lowest BCUT2D eigenvalue weighted by atomic mass is 10.1. The van der Waals surface area contributed by atoms with Crippen molar-refractivity contribution in [2.45, 2.75) is 12.6 Å². The highest BCUT2D eigenvalue weighted by Gasteiger charge is 2.14. The van der Waals surface area contributed by atoms with E-state index >= 15 is 0 Å². The van der Waals surface area contributed by atoms with Gasteiger partial charge >= 0.3 is 0 Å². The van der Waals surface area contributed by atoms with Crippen LogP contribution in [0.4, 0.5) is 0 Å². The van der Waals surface area contributed by atoms with Gasteiger partial charge in [-0.15, -0.1) is 0 Å². The van der Waals surface area contributed by atoms with Crippen LogP contribution >= 0.6 is 11.6 Å². The molecule has 0 aliphatic heterocycles. The number of benzene rings is 2. The molecule has 140 valence electrons. The molecule has 2 rings (SSSR count). The van der Waals surface area contributed by atoms with Gasteiger partial charge in [0.2, 0.25) is 0 Å². The first-order valence-electron chi connectivity index (χ1n) is 8.53. The first kappa shape index (κ1) is 20.1. The molecule has 0 amide bonds. The molecule has 0 radical (unpaired) electrons. The molecule has 5 nitrogen and oxygen atoms in total. The zero-order chi connectivity index (χ0) is 18.9. The maximum Gasteiger partial charge on any atom is 0.191 e. The summed E-state index contributed by atoms with van der Waals surface area (Å²) in [7, 11) is 7.58. The maximum atomic E-state index is 6.03. The van der Waals surface area contributed by atoms with Crippen molar-refractivity contribution in [3.63, 3.8) is 0 Å². The highest BCUT2D eigenvalue weighted by atomic mass is 35.5. The Bertz CT molecular complexity index is 716. The second-order valence-corrected chi connectivity index (χ2v) is 6.63. The molecule has 0 heterocycles. The van der Waals surface area contributed by atoms with Gasteiger partial charge in [-0.3, -0.25) is 4.99 Å². The molecule has 0 fully saturated rings. The van der Waals surface area contributed by atoms with Crippen LogP contribution in [0.25, 0.3) is 0 Å². The molecule has 1 unspecified atom stereocenters. The number of ether oxygens (including phenoxy) is 1. The standard InChI is InChI=1S/C20H27ClN4O/c1-22-20(23-13-15-6-5-7-17(21)12-15)24-14-19(25(2)3)16-8-10-18(26-4)11-9-16/h5-12,19H,13-14H2,1-4H3,(H2,22,23,24). The summed E-state index contributed by atoms with van der Waals surface area (Å²) < 4.78 is 5.24.